The minimum absolute atomic E-state index is 0.343. The maximum Gasteiger partial charge on any atom is 0.175 e. The van der Waals surface area contributed by atoms with Gasteiger partial charge in [-0.1, -0.05) is 6.07 Å². The van der Waals surface area contributed by atoms with E-state index in [9.17, 15) is 5.26 Å². The van der Waals surface area contributed by atoms with E-state index in [4.69, 9.17) is 23.7 Å². The Bertz CT molecular complexity index is 1280. The van der Waals surface area contributed by atoms with Gasteiger partial charge >= 0.3 is 0 Å². The van der Waals surface area contributed by atoms with Crippen LogP contribution >= 0.6 is 15.9 Å². The highest BCUT2D eigenvalue weighted by molar-refractivity contribution is 9.10. The topological polar surface area (TPSA) is 69.9 Å². The fourth-order valence-corrected chi connectivity index (χ4v) is 4.11. The molecule has 0 bridgehead atoms. The fraction of sp³-hybridized carbons (Fsp3) is 0.276. The molecule has 0 saturated carbocycles. The maximum absolute atomic E-state index is 9.83. The van der Waals surface area contributed by atoms with Crippen LogP contribution < -0.4 is 23.7 Å². The molecule has 0 spiro atoms. The number of methoxy groups -OCH3 is 2. The number of hydrogen-bond donors (Lipinski definition) is 0. The molecule has 0 saturated heterocycles. The van der Waals surface area contributed by atoms with Gasteiger partial charge in [0.15, 0.2) is 23.0 Å². The number of benzene rings is 3. The summed E-state index contributed by atoms with van der Waals surface area (Å²) in [7, 11) is 3.14. The Kier molecular flexibility index (Phi) is 9.66. The average molecular weight is 552 g/mol. The summed E-state index contributed by atoms with van der Waals surface area (Å²) in [4.78, 5) is 0. The minimum atomic E-state index is 0.343. The van der Waals surface area contributed by atoms with Gasteiger partial charge in [0.25, 0.3) is 0 Å². The first-order valence-corrected chi connectivity index (χ1v) is 12.3. The Labute approximate surface area is 221 Å². The lowest BCUT2D eigenvalue weighted by molar-refractivity contribution is 0.207. The van der Waals surface area contributed by atoms with Crippen molar-refractivity contribution in [1.29, 1.82) is 5.26 Å². The number of rotatable bonds is 11. The highest BCUT2D eigenvalue weighted by Crippen LogP contribution is 2.38. The summed E-state index contributed by atoms with van der Waals surface area (Å²) < 4.78 is 29.1. The molecule has 188 valence electrons. The molecule has 0 heterocycles. The van der Waals surface area contributed by atoms with Crippen LogP contribution in [0.1, 0.15) is 29.2 Å². The average Bonchev–Trinajstić information content (AvgIpc) is 2.88. The van der Waals surface area contributed by atoms with E-state index in [1.165, 1.54) is 11.1 Å². The van der Waals surface area contributed by atoms with Crippen LogP contribution in [0.3, 0.4) is 0 Å². The summed E-state index contributed by atoms with van der Waals surface area (Å²) in [5.41, 5.74) is 4.39. The molecule has 0 fully saturated rings. The monoisotopic (exact) mass is 551 g/mol. The Morgan fingerprint density at radius 1 is 0.861 bits per heavy atom. The molecule has 0 aromatic heterocycles. The third-order valence-corrected chi connectivity index (χ3v) is 6.12. The van der Waals surface area contributed by atoms with Crippen LogP contribution in [0.15, 0.2) is 53.0 Å². The first-order valence-electron chi connectivity index (χ1n) is 11.5. The van der Waals surface area contributed by atoms with Crippen LogP contribution in [0.25, 0.3) is 11.6 Å². The first kappa shape index (κ1) is 27.0. The highest BCUT2D eigenvalue weighted by atomic mass is 79.9. The predicted octanol–water partition coefficient (Wildman–Crippen LogP) is 7.00. The zero-order chi connectivity index (χ0) is 26.1. The Morgan fingerprint density at radius 3 is 2.28 bits per heavy atom. The second kappa shape index (κ2) is 12.9. The van der Waals surface area contributed by atoms with Gasteiger partial charge in [-0.25, -0.2) is 0 Å². The number of hydrogen-bond acceptors (Lipinski definition) is 6. The molecule has 0 radical (unpaired) electrons. The summed E-state index contributed by atoms with van der Waals surface area (Å²) >= 11 is 3.60. The molecule has 3 aromatic rings. The molecule has 3 aromatic carbocycles. The van der Waals surface area contributed by atoms with Crippen molar-refractivity contribution >= 4 is 27.6 Å². The molecule has 0 aliphatic rings. The number of halogens is 1. The van der Waals surface area contributed by atoms with E-state index in [0.29, 0.717) is 54.0 Å². The summed E-state index contributed by atoms with van der Waals surface area (Å²) in [6.45, 7) is 7.24. The fourth-order valence-electron chi connectivity index (χ4n) is 3.53. The van der Waals surface area contributed by atoms with Crippen LogP contribution in [0.5, 0.6) is 28.7 Å². The van der Waals surface area contributed by atoms with Gasteiger partial charge in [-0.2, -0.15) is 5.26 Å². The summed E-state index contributed by atoms with van der Waals surface area (Å²) in [6.07, 6.45) is 1.79. The van der Waals surface area contributed by atoms with E-state index in [-0.39, 0.29) is 0 Å². The summed E-state index contributed by atoms with van der Waals surface area (Å²) in [5, 5.41) is 9.83. The molecule has 3 rings (SSSR count). The molecule has 0 aliphatic heterocycles. The molecule has 0 N–H and O–H groups in total. The van der Waals surface area contributed by atoms with Crippen LogP contribution in [0.4, 0.5) is 0 Å². The summed E-state index contributed by atoms with van der Waals surface area (Å²) in [6, 6.07) is 17.4. The zero-order valence-corrected chi connectivity index (χ0v) is 22.8. The molecule has 0 atom stereocenters. The largest absolute Gasteiger partial charge is 0.493 e. The van der Waals surface area contributed by atoms with E-state index in [2.05, 4.69) is 35.8 Å². The molecule has 0 aliphatic carbocycles. The van der Waals surface area contributed by atoms with Crippen molar-refractivity contribution in [3.05, 3.63) is 75.3 Å². The van der Waals surface area contributed by atoms with Crippen molar-refractivity contribution in [3.8, 4) is 34.8 Å². The molecular formula is C29H30BrNO5. The van der Waals surface area contributed by atoms with Gasteiger partial charge < -0.3 is 23.7 Å². The van der Waals surface area contributed by atoms with Crippen molar-refractivity contribution in [2.75, 3.05) is 34.0 Å². The lowest BCUT2D eigenvalue weighted by Crippen LogP contribution is -2.10. The van der Waals surface area contributed by atoms with Gasteiger partial charge in [0.2, 0.25) is 0 Å². The van der Waals surface area contributed by atoms with Crippen LogP contribution in [0.2, 0.25) is 0 Å². The highest BCUT2D eigenvalue weighted by Gasteiger charge is 2.14. The standard InChI is InChI=1S/C29H30BrNO5/c1-6-34-28-16-21(14-23(18-31)22-8-10-26(32-4)27(17-22)33-5)15-25(30)29(28)36-12-11-35-24-9-7-19(2)20(3)13-24/h7-10,13-17H,6,11-12H2,1-5H3. The van der Waals surface area contributed by atoms with Crippen molar-refractivity contribution in [2.24, 2.45) is 0 Å². The molecule has 7 heteroatoms. The van der Waals surface area contributed by atoms with E-state index in [1.807, 2.05) is 43.3 Å². The normalized spacial score (nSPS) is 11.0. The number of nitrogens with zero attached hydrogens (tertiary/aromatic N) is 1. The van der Waals surface area contributed by atoms with Gasteiger partial charge in [0, 0.05) is 0 Å². The van der Waals surface area contributed by atoms with E-state index >= 15 is 0 Å². The number of nitriles is 1. The third-order valence-electron chi connectivity index (χ3n) is 5.53. The lowest BCUT2D eigenvalue weighted by Gasteiger charge is -2.15. The molecule has 6 nitrogen and oxygen atoms in total. The Hall–Kier alpha value is -3.63. The Morgan fingerprint density at radius 2 is 1.61 bits per heavy atom. The lowest BCUT2D eigenvalue weighted by atomic mass is 10.0. The predicted molar refractivity (Wildman–Crippen MR) is 145 cm³/mol. The van der Waals surface area contributed by atoms with E-state index in [1.54, 1.807) is 32.4 Å². The quantitative estimate of drug-likeness (QED) is 0.145. The smallest absolute Gasteiger partial charge is 0.175 e. The van der Waals surface area contributed by atoms with E-state index < -0.39 is 0 Å². The first-order chi connectivity index (χ1) is 17.4. The second-order valence-corrected chi connectivity index (χ2v) is 8.80. The molecular weight excluding hydrogens is 522 g/mol. The minimum Gasteiger partial charge on any atom is -0.493 e. The molecule has 36 heavy (non-hydrogen) atoms. The van der Waals surface area contributed by atoms with Gasteiger partial charge in [0.05, 0.1) is 36.9 Å². The van der Waals surface area contributed by atoms with Crippen LogP contribution in [-0.2, 0) is 0 Å². The van der Waals surface area contributed by atoms with Crippen molar-refractivity contribution in [2.45, 2.75) is 20.8 Å². The SMILES string of the molecule is CCOc1cc(C=C(C#N)c2ccc(OC)c(OC)c2)cc(Br)c1OCCOc1ccc(C)c(C)c1. The van der Waals surface area contributed by atoms with Gasteiger partial charge in [-0.05, 0) is 107 Å². The van der Waals surface area contributed by atoms with Crippen molar-refractivity contribution in [1.82, 2.24) is 0 Å². The molecule has 0 unspecified atom stereocenters. The van der Waals surface area contributed by atoms with Gasteiger partial charge in [0.1, 0.15) is 19.0 Å². The second-order valence-electron chi connectivity index (χ2n) is 7.95. The van der Waals surface area contributed by atoms with E-state index in [0.717, 1.165) is 15.8 Å². The maximum atomic E-state index is 9.83. The van der Waals surface area contributed by atoms with Crippen LogP contribution in [-0.4, -0.2) is 34.0 Å². The Balaban J connectivity index is 1.79. The number of ether oxygens (including phenoxy) is 5. The third kappa shape index (κ3) is 6.73. The van der Waals surface area contributed by atoms with Gasteiger partial charge in [-0.15, -0.1) is 0 Å². The summed E-state index contributed by atoms with van der Waals surface area (Å²) in [5.74, 6) is 3.13. The molecule has 0 amide bonds. The number of allylic oxidation sites excluding steroid dienone is 1. The van der Waals surface area contributed by atoms with Crippen LogP contribution in [0, 0.1) is 25.2 Å². The van der Waals surface area contributed by atoms with Gasteiger partial charge in [-0.3, -0.25) is 0 Å². The van der Waals surface area contributed by atoms with Crippen molar-refractivity contribution in [3.63, 3.8) is 0 Å². The zero-order valence-electron chi connectivity index (χ0n) is 21.2. The number of aryl methyl sites for hydroxylation is 2. The van der Waals surface area contributed by atoms with Crippen molar-refractivity contribution < 1.29 is 23.7 Å².